The molecule has 1 aromatic rings. The van der Waals surface area contributed by atoms with Gasteiger partial charge in [-0.15, -0.1) is 0 Å². The second kappa shape index (κ2) is 5.70. The van der Waals surface area contributed by atoms with Gasteiger partial charge in [0.2, 0.25) is 0 Å². The van der Waals surface area contributed by atoms with E-state index in [-0.39, 0.29) is 5.97 Å². The number of ether oxygens (including phenoxy) is 1. The molecule has 0 aliphatic rings. The van der Waals surface area contributed by atoms with Gasteiger partial charge in [0.15, 0.2) is 0 Å². The van der Waals surface area contributed by atoms with Crippen molar-refractivity contribution in [3.63, 3.8) is 0 Å². The highest BCUT2D eigenvalue weighted by molar-refractivity contribution is 9.10. The molecule has 0 spiro atoms. The van der Waals surface area contributed by atoms with Crippen LogP contribution in [0.3, 0.4) is 0 Å². The largest absolute Gasteiger partial charge is 0.466 e. The Morgan fingerprint density at radius 1 is 1.44 bits per heavy atom. The van der Waals surface area contributed by atoms with Gasteiger partial charge >= 0.3 is 5.97 Å². The first-order valence-electron chi connectivity index (χ1n) is 4.82. The zero-order chi connectivity index (χ0) is 12.1. The van der Waals surface area contributed by atoms with Crippen LogP contribution in [0.5, 0.6) is 0 Å². The molecule has 0 fully saturated rings. The Hall–Kier alpha value is -1.29. The zero-order valence-electron chi connectivity index (χ0n) is 9.50. The molecule has 0 aliphatic carbocycles. The maximum Gasteiger partial charge on any atom is 0.331 e. The fourth-order valence-electron chi connectivity index (χ4n) is 1.36. The first-order chi connectivity index (χ1) is 7.54. The van der Waals surface area contributed by atoms with Crippen molar-refractivity contribution in [1.29, 1.82) is 0 Å². The molecule has 1 aromatic carbocycles. The summed E-state index contributed by atoms with van der Waals surface area (Å²) < 4.78 is 5.46. The first kappa shape index (κ1) is 12.8. The minimum absolute atomic E-state index is 0.381. The van der Waals surface area contributed by atoms with Crippen LogP contribution in [0.1, 0.15) is 11.1 Å². The molecule has 16 heavy (non-hydrogen) atoms. The van der Waals surface area contributed by atoms with E-state index >= 15 is 0 Å². The summed E-state index contributed by atoms with van der Waals surface area (Å²) in [6, 6.07) is 4.08. The summed E-state index contributed by atoms with van der Waals surface area (Å²) in [5.41, 5.74) is 3.25. The normalized spacial score (nSPS) is 10.5. The SMILES string of the molecule is COC(=O)/C=C/Nc1c(C)cc(C)cc1Br. The molecule has 0 heterocycles. The van der Waals surface area contributed by atoms with Crippen molar-refractivity contribution in [3.8, 4) is 0 Å². The van der Waals surface area contributed by atoms with Gasteiger partial charge in [0.05, 0.1) is 12.8 Å². The van der Waals surface area contributed by atoms with Crippen LogP contribution < -0.4 is 5.32 Å². The van der Waals surface area contributed by atoms with Gasteiger partial charge in [-0.05, 0) is 47.0 Å². The van der Waals surface area contributed by atoms with Crippen molar-refractivity contribution in [2.45, 2.75) is 13.8 Å². The highest BCUT2D eigenvalue weighted by Crippen LogP contribution is 2.27. The Kier molecular flexibility index (Phi) is 4.55. The molecule has 0 amide bonds. The zero-order valence-corrected chi connectivity index (χ0v) is 11.1. The molecule has 0 atom stereocenters. The Balaban J connectivity index is 2.82. The minimum atomic E-state index is -0.381. The van der Waals surface area contributed by atoms with E-state index < -0.39 is 0 Å². The van der Waals surface area contributed by atoms with Crippen molar-refractivity contribution < 1.29 is 9.53 Å². The molecule has 3 nitrogen and oxygen atoms in total. The molecule has 1 rings (SSSR count). The van der Waals surface area contributed by atoms with Gasteiger partial charge in [-0.1, -0.05) is 6.07 Å². The number of rotatable bonds is 3. The predicted molar refractivity (Wildman–Crippen MR) is 68.4 cm³/mol. The molecule has 86 valence electrons. The van der Waals surface area contributed by atoms with Crippen LogP contribution in [-0.4, -0.2) is 13.1 Å². The topological polar surface area (TPSA) is 38.3 Å². The molecule has 0 aliphatic heterocycles. The molecular weight excluding hydrogens is 270 g/mol. The highest BCUT2D eigenvalue weighted by atomic mass is 79.9. The summed E-state index contributed by atoms with van der Waals surface area (Å²) in [5, 5.41) is 3.05. The van der Waals surface area contributed by atoms with Crippen LogP contribution in [0.2, 0.25) is 0 Å². The van der Waals surface area contributed by atoms with E-state index in [0.29, 0.717) is 0 Å². The number of aryl methyl sites for hydroxylation is 2. The Bertz CT molecular complexity index is 404. The summed E-state index contributed by atoms with van der Waals surface area (Å²) >= 11 is 3.47. The third-order valence-electron chi connectivity index (χ3n) is 2.08. The maximum absolute atomic E-state index is 10.9. The van der Waals surface area contributed by atoms with Gasteiger partial charge in [0.25, 0.3) is 0 Å². The Morgan fingerprint density at radius 2 is 2.12 bits per heavy atom. The first-order valence-corrected chi connectivity index (χ1v) is 5.61. The smallest absolute Gasteiger partial charge is 0.331 e. The van der Waals surface area contributed by atoms with Crippen LogP contribution in [0.25, 0.3) is 0 Å². The van der Waals surface area contributed by atoms with Crippen LogP contribution in [0, 0.1) is 13.8 Å². The van der Waals surface area contributed by atoms with Crippen molar-refractivity contribution in [2.24, 2.45) is 0 Å². The van der Waals surface area contributed by atoms with E-state index in [4.69, 9.17) is 0 Å². The fraction of sp³-hybridized carbons (Fsp3) is 0.250. The van der Waals surface area contributed by atoms with Crippen molar-refractivity contribution in [2.75, 3.05) is 12.4 Å². The fourth-order valence-corrected chi connectivity index (χ4v) is 2.15. The lowest BCUT2D eigenvalue weighted by Gasteiger charge is -2.09. The molecule has 0 aromatic heterocycles. The van der Waals surface area contributed by atoms with E-state index in [0.717, 1.165) is 15.7 Å². The van der Waals surface area contributed by atoms with Crippen molar-refractivity contribution >= 4 is 27.6 Å². The van der Waals surface area contributed by atoms with Crippen LogP contribution in [0.15, 0.2) is 28.9 Å². The van der Waals surface area contributed by atoms with Gasteiger partial charge < -0.3 is 10.1 Å². The Labute approximate surface area is 104 Å². The number of benzene rings is 1. The lowest BCUT2D eigenvalue weighted by atomic mass is 10.1. The molecular formula is C12H14BrNO2. The number of nitrogens with one attached hydrogen (secondary N) is 1. The van der Waals surface area contributed by atoms with Crippen LogP contribution >= 0.6 is 15.9 Å². The van der Waals surface area contributed by atoms with Gasteiger partial charge in [-0.2, -0.15) is 0 Å². The number of carbonyl (C=O) groups excluding carboxylic acids is 1. The monoisotopic (exact) mass is 283 g/mol. The number of anilines is 1. The van der Waals surface area contributed by atoms with E-state index in [2.05, 4.69) is 32.0 Å². The molecule has 0 saturated carbocycles. The van der Waals surface area contributed by atoms with Gasteiger partial charge in [0.1, 0.15) is 0 Å². The quantitative estimate of drug-likeness (QED) is 0.684. The van der Waals surface area contributed by atoms with Crippen molar-refractivity contribution in [3.05, 3.63) is 40.0 Å². The number of methoxy groups -OCH3 is 1. The third-order valence-corrected chi connectivity index (χ3v) is 2.71. The average molecular weight is 284 g/mol. The molecule has 4 heteroatoms. The number of esters is 1. The van der Waals surface area contributed by atoms with Crippen LogP contribution in [-0.2, 0) is 9.53 Å². The van der Waals surface area contributed by atoms with Gasteiger partial charge in [-0.3, -0.25) is 0 Å². The lowest BCUT2D eigenvalue weighted by Crippen LogP contribution is -1.98. The predicted octanol–water partition coefficient (Wildman–Crippen LogP) is 3.16. The Morgan fingerprint density at radius 3 is 2.69 bits per heavy atom. The van der Waals surface area contributed by atoms with Gasteiger partial charge in [-0.25, -0.2) is 4.79 Å². The molecule has 0 bridgehead atoms. The van der Waals surface area contributed by atoms with Crippen LogP contribution in [0.4, 0.5) is 5.69 Å². The summed E-state index contributed by atoms with van der Waals surface area (Å²) in [7, 11) is 1.35. The molecule has 0 radical (unpaired) electrons. The lowest BCUT2D eigenvalue weighted by molar-refractivity contribution is -0.134. The summed E-state index contributed by atoms with van der Waals surface area (Å²) in [4.78, 5) is 10.9. The maximum atomic E-state index is 10.9. The number of carbonyl (C=O) groups is 1. The second-order valence-corrected chi connectivity index (χ2v) is 4.29. The number of halogens is 1. The molecule has 0 saturated heterocycles. The highest BCUT2D eigenvalue weighted by Gasteiger charge is 2.02. The van der Waals surface area contributed by atoms with E-state index in [1.54, 1.807) is 6.20 Å². The molecule has 0 unspecified atom stereocenters. The summed E-state index contributed by atoms with van der Waals surface area (Å²) in [5.74, 6) is -0.381. The molecule has 1 N–H and O–H groups in total. The standard InChI is InChI=1S/C12H14BrNO2/c1-8-6-9(2)12(10(13)7-8)14-5-4-11(15)16-3/h4-7,14H,1-3H3/b5-4+. The van der Waals surface area contributed by atoms with E-state index in [9.17, 15) is 4.79 Å². The second-order valence-electron chi connectivity index (χ2n) is 3.44. The third kappa shape index (κ3) is 3.38. The van der Waals surface area contributed by atoms with Crippen molar-refractivity contribution in [1.82, 2.24) is 0 Å². The number of hydrogen-bond acceptors (Lipinski definition) is 3. The summed E-state index contributed by atoms with van der Waals surface area (Å²) in [6.45, 7) is 4.04. The minimum Gasteiger partial charge on any atom is -0.466 e. The number of hydrogen-bond donors (Lipinski definition) is 1. The van der Waals surface area contributed by atoms with Gasteiger partial charge in [0, 0.05) is 16.7 Å². The van der Waals surface area contributed by atoms with E-state index in [1.807, 2.05) is 19.9 Å². The average Bonchev–Trinajstić information content (AvgIpc) is 2.21. The van der Waals surface area contributed by atoms with E-state index in [1.165, 1.54) is 18.7 Å². The summed E-state index contributed by atoms with van der Waals surface area (Å²) in [6.07, 6.45) is 2.90.